The number of nitro groups is 1. The Morgan fingerprint density at radius 2 is 1.78 bits per heavy atom. The lowest BCUT2D eigenvalue weighted by molar-refractivity contribution is -0.384. The van der Waals surface area contributed by atoms with Crippen molar-refractivity contribution in [1.29, 1.82) is 0 Å². The van der Waals surface area contributed by atoms with Gasteiger partial charge >= 0.3 is 11.9 Å². The average Bonchev–Trinajstić information content (AvgIpc) is 2.81. The number of nitrogens with zero attached hydrogens (tertiary/aromatic N) is 2. The predicted molar refractivity (Wildman–Crippen MR) is 132 cm³/mol. The molecule has 0 spiro atoms. The Hall–Kier alpha value is -3.93. The summed E-state index contributed by atoms with van der Waals surface area (Å²) in [4.78, 5) is 56.0. The number of hydrogen-bond donors (Lipinski definition) is 2. The molecule has 1 aromatic carbocycles. The van der Waals surface area contributed by atoms with Crippen LogP contribution in [0, 0.1) is 17.0 Å². The standard InChI is InChI=1S/C24H26N4O7S/c1-5-34-22(30)19-14(4)26-17(12-36-24-25-13(3)10-18(29)27-24)21(23(31)35-6-2)20(19)15-8-7-9-16(11-15)28(32)33/h7-11,20,26H,5-6,12H2,1-4H3,(H,25,27,29). The first-order valence-electron chi connectivity index (χ1n) is 11.2. The summed E-state index contributed by atoms with van der Waals surface area (Å²) < 4.78 is 10.6. The molecule has 2 aromatic rings. The number of H-pyrrole nitrogens is 1. The normalized spacial score (nSPS) is 15.4. The maximum Gasteiger partial charge on any atom is 0.336 e. The number of carbonyl (C=O) groups is 2. The molecule has 1 aromatic heterocycles. The molecular formula is C24H26N4O7S. The maximum atomic E-state index is 13.3. The zero-order valence-corrected chi connectivity index (χ0v) is 21.1. The monoisotopic (exact) mass is 514 g/mol. The Morgan fingerprint density at radius 3 is 2.39 bits per heavy atom. The zero-order chi connectivity index (χ0) is 26.4. The number of benzene rings is 1. The molecule has 0 bridgehead atoms. The van der Waals surface area contributed by atoms with Crippen LogP contribution in [-0.4, -0.2) is 45.8 Å². The van der Waals surface area contributed by atoms with Crippen molar-refractivity contribution in [2.45, 2.75) is 38.8 Å². The highest BCUT2D eigenvalue weighted by Gasteiger charge is 2.39. The number of allylic oxidation sites excluding steroid dienone is 1. The van der Waals surface area contributed by atoms with Gasteiger partial charge in [0.2, 0.25) is 0 Å². The Balaban J connectivity index is 2.18. The number of hydrogen-bond acceptors (Lipinski definition) is 10. The molecule has 3 rings (SSSR count). The lowest BCUT2D eigenvalue weighted by atomic mass is 9.80. The molecule has 1 atom stereocenters. The van der Waals surface area contributed by atoms with Crippen LogP contribution >= 0.6 is 11.8 Å². The molecule has 1 unspecified atom stereocenters. The third kappa shape index (κ3) is 6.00. The number of ether oxygens (including phenoxy) is 2. The number of thioether (sulfide) groups is 1. The first-order chi connectivity index (χ1) is 17.2. The van der Waals surface area contributed by atoms with E-state index in [1.54, 1.807) is 33.8 Å². The first-order valence-corrected chi connectivity index (χ1v) is 12.1. The van der Waals surface area contributed by atoms with Crippen LogP contribution < -0.4 is 10.9 Å². The van der Waals surface area contributed by atoms with Crippen LogP contribution in [-0.2, 0) is 19.1 Å². The minimum absolute atomic E-state index is 0.0780. The third-order valence-electron chi connectivity index (χ3n) is 5.25. The molecule has 2 N–H and O–H groups in total. The van der Waals surface area contributed by atoms with Crippen molar-refractivity contribution in [3.05, 3.63) is 84.6 Å². The number of aromatic amines is 1. The van der Waals surface area contributed by atoms with Crippen LogP contribution in [0.2, 0.25) is 0 Å². The van der Waals surface area contributed by atoms with Crippen molar-refractivity contribution in [1.82, 2.24) is 15.3 Å². The van der Waals surface area contributed by atoms with E-state index in [4.69, 9.17) is 9.47 Å². The third-order valence-corrected chi connectivity index (χ3v) is 6.15. The SMILES string of the molecule is CCOC(=O)C1=C(C)NC(CSc2nc(C)cc(=O)[nH]2)=C(C(=O)OCC)C1c1cccc([N+](=O)[O-])c1. The molecule has 2 heterocycles. The van der Waals surface area contributed by atoms with Gasteiger partial charge in [-0.15, -0.1) is 0 Å². The zero-order valence-electron chi connectivity index (χ0n) is 20.2. The largest absolute Gasteiger partial charge is 0.463 e. The summed E-state index contributed by atoms with van der Waals surface area (Å²) in [5.74, 6) is -2.15. The van der Waals surface area contributed by atoms with Crippen LogP contribution in [0.5, 0.6) is 0 Å². The molecule has 190 valence electrons. The summed E-state index contributed by atoms with van der Waals surface area (Å²) in [6.45, 7) is 6.85. The number of nitrogens with one attached hydrogen (secondary N) is 2. The number of carbonyl (C=O) groups excluding carboxylic acids is 2. The van der Waals surface area contributed by atoms with E-state index in [0.29, 0.717) is 27.8 Å². The fourth-order valence-electron chi connectivity index (χ4n) is 3.85. The Kier molecular flexibility index (Phi) is 8.64. The van der Waals surface area contributed by atoms with Gasteiger partial charge in [0.25, 0.3) is 11.2 Å². The maximum absolute atomic E-state index is 13.3. The van der Waals surface area contributed by atoms with Gasteiger partial charge in [-0.1, -0.05) is 23.9 Å². The molecule has 36 heavy (non-hydrogen) atoms. The molecule has 0 aliphatic carbocycles. The van der Waals surface area contributed by atoms with E-state index in [-0.39, 0.29) is 41.4 Å². The van der Waals surface area contributed by atoms with Gasteiger partial charge in [0.15, 0.2) is 5.16 Å². The lowest BCUT2D eigenvalue weighted by Gasteiger charge is -2.31. The minimum atomic E-state index is -0.982. The van der Waals surface area contributed by atoms with E-state index in [0.717, 1.165) is 0 Å². The molecule has 1 aliphatic rings. The van der Waals surface area contributed by atoms with Gasteiger partial charge in [0.1, 0.15) is 0 Å². The number of nitro benzene ring substituents is 1. The summed E-state index contributed by atoms with van der Waals surface area (Å²) in [6, 6.07) is 7.12. The van der Waals surface area contributed by atoms with Crippen molar-refractivity contribution in [2.75, 3.05) is 19.0 Å². The number of dihydropyridines is 1. The second-order valence-corrected chi connectivity index (χ2v) is 8.73. The van der Waals surface area contributed by atoms with E-state index in [9.17, 15) is 24.5 Å². The molecule has 0 fully saturated rings. The van der Waals surface area contributed by atoms with E-state index in [1.807, 2.05) is 0 Å². The summed E-state index contributed by atoms with van der Waals surface area (Å²) in [6.07, 6.45) is 0. The van der Waals surface area contributed by atoms with E-state index >= 15 is 0 Å². The molecule has 0 amide bonds. The number of aromatic nitrogens is 2. The van der Waals surface area contributed by atoms with Gasteiger partial charge < -0.3 is 19.8 Å². The van der Waals surface area contributed by atoms with Crippen molar-refractivity contribution >= 4 is 29.4 Å². The summed E-state index contributed by atoms with van der Waals surface area (Å²) in [5.41, 5.74) is 1.52. The fourth-order valence-corrected chi connectivity index (χ4v) is 4.74. The van der Waals surface area contributed by atoms with Crippen LogP contribution in [0.4, 0.5) is 5.69 Å². The van der Waals surface area contributed by atoms with Crippen molar-refractivity contribution in [3.8, 4) is 0 Å². The Labute approximate surface area is 211 Å². The van der Waals surface area contributed by atoms with Crippen LogP contribution in [0.3, 0.4) is 0 Å². The van der Waals surface area contributed by atoms with Crippen molar-refractivity contribution in [3.63, 3.8) is 0 Å². The van der Waals surface area contributed by atoms with Crippen LogP contribution in [0.15, 0.2) is 62.8 Å². The summed E-state index contributed by atoms with van der Waals surface area (Å²) in [7, 11) is 0. The number of aryl methyl sites for hydroxylation is 1. The van der Waals surface area contributed by atoms with Crippen LogP contribution in [0.1, 0.15) is 37.9 Å². The summed E-state index contributed by atoms with van der Waals surface area (Å²) in [5, 5.41) is 14.9. The highest BCUT2D eigenvalue weighted by atomic mass is 32.2. The molecule has 12 heteroatoms. The number of non-ortho nitro benzene ring substituents is 1. The second kappa shape index (κ2) is 11.7. The quantitative estimate of drug-likeness (QED) is 0.168. The number of rotatable bonds is 9. The van der Waals surface area contributed by atoms with E-state index in [1.165, 1.54) is 36.0 Å². The average molecular weight is 515 g/mol. The fraction of sp³-hybridized carbons (Fsp3) is 0.333. The topological polar surface area (TPSA) is 154 Å². The van der Waals surface area contributed by atoms with Gasteiger partial charge in [-0.2, -0.15) is 0 Å². The highest BCUT2D eigenvalue weighted by Crippen LogP contribution is 2.41. The van der Waals surface area contributed by atoms with Crippen LogP contribution in [0.25, 0.3) is 0 Å². The second-order valence-electron chi connectivity index (χ2n) is 7.76. The molecule has 0 saturated carbocycles. The van der Waals surface area contributed by atoms with E-state index < -0.39 is 22.8 Å². The van der Waals surface area contributed by atoms with Crippen molar-refractivity contribution < 1.29 is 24.0 Å². The predicted octanol–water partition coefficient (Wildman–Crippen LogP) is 3.12. The highest BCUT2D eigenvalue weighted by molar-refractivity contribution is 7.99. The molecule has 0 saturated heterocycles. The number of esters is 2. The van der Waals surface area contributed by atoms with Gasteiger partial charge in [-0.3, -0.25) is 14.9 Å². The lowest BCUT2D eigenvalue weighted by Crippen LogP contribution is -2.34. The van der Waals surface area contributed by atoms with Crippen molar-refractivity contribution in [2.24, 2.45) is 0 Å². The Bertz CT molecular complexity index is 1320. The molecule has 0 radical (unpaired) electrons. The smallest absolute Gasteiger partial charge is 0.336 e. The minimum Gasteiger partial charge on any atom is -0.463 e. The Morgan fingerprint density at radius 1 is 1.11 bits per heavy atom. The first kappa shape index (κ1) is 26.7. The van der Waals surface area contributed by atoms with Gasteiger partial charge in [0, 0.05) is 41.0 Å². The van der Waals surface area contributed by atoms with Gasteiger partial charge in [0.05, 0.1) is 35.2 Å². The van der Waals surface area contributed by atoms with Gasteiger partial charge in [-0.05, 0) is 33.3 Å². The van der Waals surface area contributed by atoms with Gasteiger partial charge in [-0.25, -0.2) is 14.6 Å². The molecule has 11 nitrogen and oxygen atoms in total. The molecule has 1 aliphatic heterocycles. The van der Waals surface area contributed by atoms with E-state index in [2.05, 4.69) is 15.3 Å². The summed E-state index contributed by atoms with van der Waals surface area (Å²) >= 11 is 1.18. The molecular weight excluding hydrogens is 488 g/mol.